The molecular formula is C12H22N4O2. The van der Waals surface area contributed by atoms with Crippen molar-refractivity contribution in [2.45, 2.75) is 18.5 Å². The Morgan fingerprint density at radius 3 is 2.67 bits per heavy atom. The van der Waals surface area contributed by atoms with Crippen LogP contribution in [0.4, 0.5) is 0 Å². The van der Waals surface area contributed by atoms with Gasteiger partial charge in [-0.3, -0.25) is 9.59 Å². The molecule has 0 spiro atoms. The van der Waals surface area contributed by atoms with E-state index in [1.807, 2.05) is 0 Å². The highest BCUT2D eigenvalue weighted by Crippen LogP contribution is 2.17. The van der Waals surface area contributed by atoms with Crippen molar-refractivity contribution in [2.75, 3.05) is 47.3 Å². The molecule has 2 rings (SSSR count). The summed E-state index contributed by atoms with van der Waals surface area (Å²) in [5.74, 6) is 0.0737. The molecule has 6 heteroatoms. The van der Waals surface area contributed by atoms with Crippen molar-refractivity contribution >= 4 is 11.8 Å². The van der Waals surface area contributed by atoms with E-state index < -0.39 is 0 Å². The minimum absolute atomic E-state index is 0.0218. The predicted molar refractivity (Wildman–Crippen MR) is 68.1 cm³/mol. The van der Waals surface area contributed by atoms with E-state index in [-0.39, 0.29) is 24.4 Å². The van der Waals surface area contributed by atoms with E-state index in [0.717, 1.165) is 19.6 Å². The molecule has 2 saturated heterocycles. The third-order valence-corrected chi connectivity index (χ3v) is 4.03. The summed E-state index contributed by atoms with van der Waals surface area (Å²) in [5.41, 5.74) is 0. The van der Waals surface area contributed by atoms with Crippen molar-refractivity contribution in [3.8, 4) is 0 Å². The molecule has 0 aromatic rings. The number of carbonyl (C=O) groups is 2. The van der Waals surface area contributed by atoms with Gasteiger partial charge in [-0.1, -0.05) is 0 Å². The fourth-order valence-corrected chi connectivity index (χ4v) is 2.63. The van der Waals surface area contributed by atoms with Gasteiger partial charge in [-0.15, -0.1) is 0 Å². The van der Waals surface area contributed by atoms with Crippen LogP contribution in [0.5, 0.6) is 0 Å². The van der Waals surface area contributed by atoms with Gasteiger partial charge in [0.2, 0.25) is 11.8 Å². The zero-order valence-corrected chi connectivity index (χ0v) is 11.3. The van der Waals surface area contributed by atoms with Crippen LogP contribution in [0.2, 0.25) is 0 Å². The maximum Gasteiger partial charge on any atom is 0.245 e. The molecule has 0 aromatic heterocycles. The highest BCUT2D eigenvalue weighted by molar-refractivity contribution is 5.94. The molecule has 2 amide bonds. The van der Waals surface area contributed by atoms with Gasteiger partial charge in [0.1, 0.15) is 6.04 Å². The van der Waals surface area contributed by atoms with Crippen molar-refractivity contribution < 1.29 is 9.59 Å². The number of nitrogens with one attached hydrogen (secondary N) is 1. The quantitative estimate of drug-likeness (QED) is 0.657. The van der Waals surface area contributed by atoms with Crippen LogP contribution >= 0.6 is 0 Å². The Kier molecular flexibility index (Phi) is 3.87. The summed E-state index contributed by atoms with van der Waals surface area (Å²) in [6, 6.07) is -0.00181. The fourth-order valence-electron chi connectivity index (χ4n) is 2.63. The Labute approximate surface area is 108 Å². The Bertz CT molecular complexity index is 347. The smallest absolute Gasteiger partial charge is 0.245 e. The van der Waals surface area contributed by atoms with Crippen LogP contribution in [0, 0.1) is 0 Å². The van der Waals surface area contributed by atoms with Crippen LogP contribution < -0.4 is 5.32 Å². The van der Waals surface area contributed by atoms with Crippen molar-refractivity contribution in [3.05, 3.63) is 0 Å². The molecule has 2 aliphatic rings. The number of piperazine rings is 2. The molecule has 0 saturated carbocycles. The Morgan fingerprint density at radius 2 is 2.00 bits per heavy atom. The van der Waals surface area contributed by atoms with Crippen LogP contribution in [-0.2, 0) is 9.59 Å². The monoisotopic (exact) mass is 254 g/mol. The van der Waals surface area contributed by atoms with E-state index >= 15 is 0 Å². The molecule has 18 heavy (non-hydrogen) atoms. The number of amides is 2. The van der Waals surface area contributed by atoms with E-state index in [4.69, 9.17) is 0 Å². The zero-order valence-electron chi connectivity index (χ0n) is 11.3. The molecule has 2 unspecified atom stereocenters. The highest BCUT2D eigenvalue weighted by Gasteiger charge is 2.37. The summed E-state index contributed by atoms with van der Waals surface area (Å²) in [6.07, 6.45) is 0.703. The second-order valence-electron chi connectivity index (χ2n) is 5.29. The average molecular weight is 254 g/mol. The second kappa shape index (κ2) is 5.24. The highest BCUT2D eigenvalue weighted by atomic mass is 16.2. The number of nitrogens with zero attached hydrogens (tertiary/aromatic N) is 3. The molecular weight excluding hydrogens is 232 g/mol. The van der Waals surface area contributed by atoms with Crippen molar-refractivity contribution in [3.63, 3.8) is 0 Å². The topological polar surface area (TPSA) is 55.9 Å². The van der Waals surface area contributed by atoms with Crippen LogP contribution in [0.15, 0.2) is 0 Å². The molecule has 2 fully saturated rings. The van der Waals surface area contributed by atoms with E-state index in [2.05, 4.69) is 17.3 Å². The standard InChI is InChI=1S/C12H22N4O2/c1-14-5-4-13-7-9(14)6-10-12(18)15(2)8-11(17)16(10)3/h9-10,13H,4-8H2,1-3H3. The first kappa shape index (κ1) is 13.3. The Hall–Kier alpha value is -1.14. The summed E-state index contributed by atoms with van der Waals surface area (Å²) >= 11 is 0. The molecule has 2 aliphatic heterocycles. The maximum absolute atomic E-state index is 12.2. The van der Waals surface area contributed by atoms with Crippen molar-refractivity contribution in [2.24, 2.45) is 0 Å². The molecule has 2 heterocycles. The van der Waals surface area contributed by atoms with Gasteiger partial charge in [-0.25, -0.2) is 0 Å². The fraction of sp³-hybridized carbons (Fsp3) is 0.833. The van der Waals surface area contributed by atoms with Crippen molar-refractivity contribution in [1.82, 2.24) is 20.0 Å². The average Bonchev–Trinajstić information content (AvgIpc) is 2.34. The lowest BCUT2D eigenvalue weighted by Gasteiger charge is -2.41. The number of rotatable bonds is 2. The van der Waals surface area contributed by atoms with Gasteiger partial charge in [-0.2, -0.15) is 0 Å². The largest absolute Gasteiger partial charge is 0.335 e. The zero-order chi connectivity index (χ0) is 13.3. The second-order valence-corrected chi connectivity index (χ2v) is 5.29. The third-order valence-electron chi connectivity index (χ3n) is 4.03. The lowest BCUT2D eigenvalue weighted by molar-refractivity contribution is -0.153. The third kappa shape index (κ3) is 2.49. The maximum atomic E-state index is 12.2. The lowest BCUT2D eigenvalue weighted by atomic mass is 10.00. The van der Waals surface area contributed by atoms with Gasteiger partial charge in [0.25, 0.3) is 0 Å². The first-order chi connectivity index (χ1) is 8.50. The SMILES string of the molecule is CN1CC(=O)N(C)C(CC2CNCCN2C)C1=O. The summed E-state index contributed by atoms with van der Waals surface area (Å²) < 4.78 is 0. The number of hydrogen-bond acceptors (Lipinski definition) is 4. The normalized spacial score (nSPS) is 31.1. The van der Waals surface area contributed by atoms with Gasteiger partial charge in [0.15, 0.2) is 0 Å². The Morgan fingerprint density at radius 1 is 1.28 bits per heavy atom. The van der Waals surface area contributed by atoms with Gasteiger partial charge < -0.3 is 20.0 Å². The summed E-state index contributed by atoms with van der Waals surface area (Å²) in [6.45, 7) is 3.05. The van der Waals surface area contributed by atoms with Crippen LogP contribution in [0.3, 0.4) is 0 Å². The number of carbonyl (C=O) groups excluding carboxylic acids is 2. The minimum Gasteiger partial charge on any atom is -0.335 e. The van der Waals surface area contributed by atoms with E-state index in [0.29, 0.717) is 12.5 Å². The van der Waals surface area contributed by atoms with E-state index in [1.165, 1.54) is 4.90 Å². The first-order valence-electron chi connectivity index (χ1n) is 6.42. The molecule has 2 atom stereocenters. The molecule has 0 aliphatic carbocycles. The van der Waals surface area contributed by atoms with Gasteiger partial charge >= 0.3 is 0 Å². The lowest BCUT2D eigenvalue weighted by Crippen LogP contribution is -2.60. The van der Waals surface area contributed by atoms with E-state index in [9.17, 15) is 9.59 Å². The molecule has 102 valence electrons. The summed E-state index contributed by atoms with van der Waals surface area (Å²) in [7, 11) is 5.50. The molecule has 6 nitrogen and oxygen atoms in total. The summed E-state index contributed by atoms with van der Waals surface area (Å²) in [4.78, 5) is 29.3. The minimum atomic E-state index is -0.316. The first-order valence-corrected chi connectivity index (χ1v) is 6.42. The molecule has 0 radical (unpaired) electrons. The van der Waals surface area contributed by atoms with Crippen LogP contribution in [0.25, 0.3) is 0 Å². The number of hydrogen-bond donors (Lipinski definition) is 1. The van der Waals surface area contributed by atoms with Crippen molar-refractivity contribution in [1.29, 1.82) is 0 Å². The van der Waals surface area contributed by atoms with Crippen LogP contribution in [-0.4, -0.2) is 85.9 Å². The van der Waals surface area contributed by atoms with Gasteiger partial charge in [0.05, 0.1) is 6.54 Å². The molecule has 0 aromatic carbocycles. The van der Waals surface area contributed by atoms with Gasteiger partial charge in [0, 0.05) is 39.8 Å². The molecule has 1 N–H and O–H groups in total. The summed E-state index contributed by atoms with van der Waals surface area (Å²) in [5, 5.41) is 3.34. The Balaban J connectivity index is 2.05. The predicted octanol–water partition coefficient (Wildman–Crippen LogP) is -1.42. The van der Waals surface area contributed by atoms with Gasteiger partial charge in [-0.05, 0) is 13.5 Å². The van der Waals surface area contributed by atoms with E-state index in [1.54, 1.807) is 19.0 Å². The van der Waals surface area contributed by atoms with Crippen LogP contribution in [0.1, 0.15) is 6.42 Å². The molecule has 0 bridgehead atoms. The number of likely N-dealkylation sites (N-methyl/N-ethyl adjacent to an activating group) is 3.